The first kappa shape index (κ1) is 13.4. The molecule has 0 saturated heterocycles. The molecule has 0 aliphatic rings. The van der Waals surface area contributed by atoms with Gasteiger partial charge in [0.1, 0.15) is 17.7 Å². The summed E-state index contributed by atoms with van der Waals surface area (Å²) in [4.78, 5) is 5.59. The minimum atomic E-state index is -0.00138. The number of rotatable bonds is 6. The number of hydrogen-bond acceptors (Lipinski definition) is 3. The molecule has 1 aromatic carbocycles. The van der Waals surface area contributed by atoms with Crippen molar-refractivity contribution in [2.75, 3.05) is 0 Å². The first-order valence-electron chi connectivity index (χ1n) is 6.60. The van der Waals surface area contributed by atoms with E-state index in [1.165, 1.54) is 0 Å². The van der Waals surface area contributed by atoms with Crippen LogP contribution >= 0.6 is 0 Å². The van der Waals surface area contributed by atoms with Gasteiger partial charge in [-0.05, 0) is 31.0 Å². The maximum atomic E-state index is 5.59. The van der Waals surface area contributed by atoms with Crippen LogP contribution in [0.5, 0.6) is 0 Å². The molecule has 0 bridgehead atoms. The molecular formula is C16H19NO2. The zero-order chi connectivity index (χ0) is 13.5. The predicted octanol–water partition coefficient (Wildman–Crippen LogP) is 4.48. The number of oxime groups is 1. The molecule has 3 heteroatoms. The second kappa shape index (κ2) is 6.78. The summed E-state index contributed by atoms with van der Waals surface area (Å²) in [6, 6.07) is 13.9. The monoisotopic (exact) mass is 257 g/mol. The molecule has 19 heavy (non-hydrogen) atoms. The van der Waals surface area contributed by atoms with Crippen molar-refractivity contribution in [3.63, 3.8) is 0 Å². The highest BCUT2D eigenvalue weighted by Gasteiger charge is 2.10. The second-order valence-electron chi connectivity index (χ2n) is 4.48. The molecule has 0 radical (unpaired) electrons. The average Bonchev–Trinajstić information content (AvgIpc) is 2.84. The molecule has 0 aliphatic heterocycles. The second-order valence-corrected chi connectivity index (χ2v) is 4.48. The third-order valence-electron chi connectivity index (χ3n) is 2.85. The predicted molar refractivity (Wildman–Crippen MR) is 76.2 cm³/mol. The normalized spacial score (nSPS) is 12.7. The van der Waals surface area contributed by atoms with Crippen molar-refractivity contribution in [3.05, 3.63) is 59.5 Å². The highest BCUT2D eigenvalue weighted by Crippen LogP contribution is 2.22. The van der Waals surface area contributed by atoms with Crippen molar-refractivity contribution in [2.45, 2.75) is 32.8 Å². The SMILES string of the molecule is CCC[C@@H](O/N=C/c1ccc(C)o1)c1ccccc1. The fraction of sp³-hybridized carbons (Fsp3) is 0.312. The lowest BCUT2D eigenvalue weighted by Gasteiger charge is -2.13. The third kappa shape index (κ3) is 3.98. The summed E-state index contributed by atoms with van der Waals surface area (Å²) >= 11 is 0. The van der Waals surface area contributed by atoms with Crippen LogP contribution in [0.15, 0.2) is 52.0 Å². The van der Waals surface area contributed by atoms with Gasteiger partial charge in [0, 0.05) is 0 Å². The van der Waals surface area contributed by atoms with Gasteiger partial charge < -0.3 is 9.25 Å². The molecule has 0 N–H and O–H groups in total. The van der Waals surface area contributed by atoms with Crippen LogP contribution in [0.25, 0.3) is 0 Å². The molecule has 0 saturated carbocycles. The molecule has 0 amide bonds. The van der Waals surface area contributed by atoms with Crippen molar-refractivity contribution < 1.29 is 9.25 Å². The van der Waals surface area contributed by atoms with Crippen LogP contribution in [0, 0.1) is 6.92 Å². The lowest BCUT2D eigenvalue weighted by molar-refractivity contribution is 0.0526. The van der Waals surface area contributed by atoms with Crippen LogP contribution in [-0.4, -0.2) is 6.21 Å². The Morgan fingerprint density at radius 1 is 1.21 bits per heavy atom. The van der Waals surface area contributed by atoms with E-state index in [0.717, 1.165) is 24.2 Å². The van der Waals surface area contributed by atoms with Gasteiger partial charge in [-0.25, -0.2) is 0 Å². The zero-order valence-electron chi connectivity index (χ0n) is 11.4. The Bertz CT molecular complexity index is 517. The molecule has 0 unspecified atom stereocenters. The van der Waals surface area contributed by atoms with E-state index in [2.05, 4.69) is 24.2 Å². The van der Waals surface area contributed by atoms with Crippen LogP contribution in [-0.2, 0) is 4.84 Å². The number of hydrogen-bond donors (Lipinski definition) is 0. The van der Waals surface area contributed by atoms with Gasteiger partial charge in [0.25, 0.3) is 0 Å². The standard InChI is InChI=1S/C16H19NO2/c1-3-7-16(14-8-5-4-6-9-14)19-17-12-15-11-10-13(2)18-15/h4-6,8-12,16H,3,7H2,1-2H3/b17-12+/t16-/m1/s1. The molecule has 0 aliphatic carbocycles. The van der Waals surface area contributed by atoms with Crippen LogP contribution < -0.4 is 0 Å². The van der Waals surface area contributed by atoms with E-state index in [-0.39, 0.29) is 6.10 Å². The Balaban J connectivity index is 1.99. The minimum absolute atomic E-state index is 0.00138. The largest absolute Gasteiger partial charge is 0.460 e. The molecule has 2 aromatic rings. The van der Waals surface area contributed by atoms with E-state index in [1.54, 1.807) is 6.21 Å². The van der Waals surface area contributed by atoms with Crippen molar-refractivity contribution in [2.24, 2.45) is 5.16 Å². The quantitative estimate of drug-likeness (QED) is 0.565. The molecule has 1 heterocycles. The molecule has 1 atom stereocenters. The van der Waals surface area contributed by atoms with Crippen LogP contribution in [0.2, 0.25) is 0 Å². The first-order valence-corrected chi connectivity index (χ1v) is 6.60. The fourth-order valence-corrected chi connectivity index (χ4v) is 1.89. The average molecular weight is 257 g/mol. The molecule has 3 nitrogen and oxygen atoms in total. The van der Waals surface area contributed by atoms with Gasteiger partial charge in [0.05, 0.1) is 0 Å². The van der Waals surface area contributed by atoms with Crippen molar-refractivity contribution in [1.29, 1.82) is 0 Å². The van der Waals surface area contributed by atoms with Crippen molar-refractivity contribution >= 4 is 6.21 Å². The van der Waals surface area contributed by atoms with Crippen molar-refractivity contribution in [3.8, 4) is 0 Å². The molecule has 100 valence electrons. The highest BCUT2D eigenvalue weighted by atomic mass is 16.6. The fourth-order valence-electron chi connectivity index (χ4n) is 1.89. The number of furan rings is 1. The molecular weight excluding hydrogens is 238 g/mol. The summed E-state index contributed by atoms with van der Waals surface area (Å²) in [7, 11) is 0. The van der Waals surface area contributed by atoms with Crippen LogP contribution in [0.3, 0.4) is 0 Å². The summed E-state index contributed by atoms with van der Waals surface area (Å²) in [6.07, 6.45) is 3.60. The molecule has 2 rings (SSSR count). The summed E-state index contributed by atoms with van der Waals surface area (Å²) in [5.74, 6) is 1.58. The topological polar surface area (TPSA) is 34.7 Å². The third-order valence-corrected chi connectivity index (χ3v) is 2.85. The van der Waals surface area contributed by atoms with Gasteiger partial charge in [0.15, 0.2) is 6.10 Å². The molecule has 0 spiro atoms. The minimum Gasteiger partial charge on any atom is -0.460 e. The Morgan fingerprint density at radius 3 is 2.63 bits per heavy atom. The van der Waals surface area contributed by atoms with E-state index in [9.17, 15) is 0 Å². The molecule has 0 fully saturated rings. The van der Waals surface area contributed by atoms with E-state index in [4.69, 9.17) is 9.25 Å². The summed E-state index contributed by atoms with van der Waals surface area (Å²) in [6.45, 7) is 4.04. The van der Waals surface area contributed by atoms with E-state index >= 15 is 0 Å². The van der Waals surface area contributed by atoms with Gasteiger partial charge in [-0.1, -0.05) is 48.8 Å². The number of aryl methyl sites for hydroxylation is 1. The summed E-state index contributed by atoms with van der Waals surface area (Å²) < 4.78 is 5.40. The van der Waals surface area contributed by atoms with Crippen LogP contribution in [0.1, 0.15) is 43.0 Å². The van der Waals surface area contributed by atoms with Gasteiger partial charge >= 0.3 is 0 Å². The maximum absolute atomic E-state index is 5.59. The van der Waals surface area contributed by atoms with E-state index in [0.29, 0.717) is 5.76 Å². The highest BCUT2D eigenvalue weighted by molar-refractivity contribution is 5.75. The lowest BCUT2D eigenvalue weighted by Crippen LogP contribution is -2.00. The van der Waals surface area contributed by atoms with Gasteiger partial charge in [-0.2, -0.15) is 0 Å². The van der Waals surface area contributed by atoms with Crippen LogP contribution in [0.4, 0.5) is 0 Å². The first-order chi connectivity index (χ1) is 9.29. The van der Waals surface area contributed by atoms with Gasteiger partial charge in [-0.3, -0.25) is 0 Å². The smallest absolute Gasteiger partial charge is 0.152 e. The zero-order valence-corrected chi connectivity index (χ0v) is 11.4. The maximum Gasteiger partial charge on any atom is 0.152 e. The van der Waals surface area contributed by atoms with Gasteiger partial charge in [-0.15, -0.1) is 0 Å². The Kier molecular flexibility index (Phi) is 4.78. The Morgan fingerprint density at radius 2 is 2.00 bits per heavy atom. The Labute approximate surface area is 113 Å². The summed E-state index contributed by atoms with van der Waals surface area (Å²) in [5.41, 5.74) is 1.15. The van der Waals surface area contributed by atoms with E-state index < -0.39 is 0 Å². The molecule has 1 aromatic heterocycles. The number of benzene rings is 1. The lowest BCUT2D eigenvalue weighted by atomic mass is 10.1. The number of nitrogens with zero attached hydrogens (tertiary/aromatic N) is 1. The van der Waals surface area contributed by atoms with Crippen molar-refractivity contribution in [1.82, 2.24) is 0 Å². The van der Waals surface area contributed by atoms with Gasteiger partial charge in [0.2, 0.25) is 0 Å². The Hall–Kier alpha value is -2.03. The van der Waals surface area contributed by atoms with E-state index in [1.807, 2.05) is 37.3 Å². The summed E-state index contributed by atoms with van der Waals surface area (Å²) in [5, 5.41) is 4.03.